The van der Waals surface area contributed by atoms with E-state index in [4.69, 9.17) is 4.74 Å². The zero-order valence-electron chi connectivity index (χ0n) is 18.8. The molecule has 0 radical (unpaired) electrons. The predicted molar refractivity (Wildman–Crippen MR) is 128 cm³/mol. The first-order chi connectivity index (χ1) is 15.4. The Balaban J connectivity index is 1.78. The average Bonchev–Trinajstić information content (AvgIpc) is 2.81. The van der Waals surface area contributed by atoms with Gasteiger partial charge in [-0.3, -0.25) is 14.5 Å². The van der Waals surface area contributed by atoms with Crippen molar-refractivity contribution >= 4 is 28.9 Å². The summed E-state index contributed by atoms with van der Waals surface area (Å²) in [6, 6.07) is 21.9. The van der Waals surface area contributed by atoms with E-state index in [-0.39, 0.29) is 18.4 Å². The Kier molecular flexibility index (Phi) is 5.86. The number of carbonyl (C=O) groups excluding carboxylic acids is 2. The second kappa shape index (κ2) is 8.75. The maximum atomic E-state index is 13.8. The normalized spacial score (nSPS) is 16.3. The monoisotopic (exact) mass is 429 g/mol. The van der Waals surface area contributed by atoms with Crippen LogP contribution in [0.5, 0.6) is 5.75 Å². The molecule has 0 bridgehead atoms. The van der Waals surface area contributed by atoms with Crippen molar-refractivity contribution in [2.75, 3.05) is 42.4 Å². The summed E-state index contributed by atoms with van der Waals surface area (Å²) >= 11 is 0. The maximum absolute atomic E-state index is 13.8. The van der Waals surface area contributed by atoms with Gasteiger partial charge < -0.3 is 14.5 Å². The van der Waals surface area contributed by atoms with Gasteiger partial charge in [-0.1, -0.05) is 29.8 Å². The number of nitrogens with zero attached hydrogens (tertiary/aromatic N) is 3. The van der Waals surface area contributed by atoms with Crippen LogP contribution in [0.3, 0.4) is 0 Å². The lowest BCUT2D eigenvalue weighted by atomic mass is 9.99. The van der Waals surface area contributed by atoms with E-state index in [2.05, 4.69) is 0 Å². The lowest BCUT2D eigenvalue weighted by Crippen LogP contribution is -2.56. The van der Waals surface area contributed by atoms with Gasteiger partial charge in [0.25, 0.3) is 5.91 Å². The minimum Gasteiger partial charge on any atom is -0.497 e. The van der Waals surface area contributed by atoms with Gasteiger partial charge in [0.1, 0.15) is 18.3 Å². The Labute approximate surface area is 188 Å². The lowest BCUT2D eigenvalue weighted by Gasteiger charge is -2.40. The molecule has 4 rings (SSSR count). The molecular formula is C26H27N3O3. The molecule has 6 nitrogen and oxygen atoms in total. The third-order valence-corrected chi connectivity index (χ3v) is 5.74. The molecule has 0 aliphatic carbocycles. The van der Waals surface area contributed by atoms with Crippen molar-refractivity contribution in [1.82, 2.24) is 0 Å². The second-order valence-corrected chi connectivity index (χ2v) is 8.11. The fourth-order valence-corrected chi connectivity index (χ4v) is 3.92. The number of benzene rings is 3. The molecule has 0 aromatic heterocycles. The van der Waals surface area contributed by atoms with Crippen LogP contribution in [0.15, 0.2) is 72.8 Å². The molecule has 2 amide bonds. The van der Waals surface area contributed by atoms with Crippen LogP contribution in [0.2, 0.25) is 0 Å². The number of carbonyl (C=O) groups is 2. The zero-order chi connectivity index (χ0) is 22.8. The minimum absolute atomic E-state index is 0.0137. The molecule has 1 atom stereocenters. The topological polar surface area (TPSA) is 53.1 Å². The van der Waals surface area contributed by atoms with Gasteiger partial charge in [0, 0.05) is 31.2 Å². The van der Waals surface area contributed by atoms with E-state index in [0.717, 1.165) is 22.5 Å². The SMILES string of the molecule is COc1ccc(N2C(=O)CN(c3ccc(C)cc3)C(=O)C2c2ccc(N(C)C)cc2)cc1. The molecule has 0 spiro atoms. The van der Waals surface area contributed by atoms with Crippen molar-refractivity contribution in [1.29, 1.82) is 0 Å². The zero-order valence-corrected chi connectivity index (χ0v) is 18.8. The molecule has 1 heterocycles. The number of hydrogen-bond donors (Lipinski definition) is 0. The molecular weight excluding hydrogens is 402 g/mol. The molecule has 1 unspecified atom stereocenters. The summed E-state index contributed by atoms with van der Waals surface area (Å²) in [6.07, 6.45) is 0. The molecule has 1 fully saturated rings. The Morgan fingerprint density at radius 3 is 2.00 bits per heavy atom. The Morgan fingerprint density at radius 2 is 1.44 bits per heavy atom. The van der Waals surface area contributed by atoms with Gasteiger partial charge in [-0.25, -0.2) is 0 Å². The molecule has 32 heavy (non-hydrogen) atoms. The standard InChI is InChI=1S/C26H27N3O3/c1-18-5-9-21(10-6-18)28-17-24(30)29(22-13-15-23(32-4)16-14-22)25(26(28)31)19-7-11-20(12-8-19)27(2)3/h5-16,25H,17H2,1-4H3. The molecule has 1 saturated heterocycles. The Hall–Kier alpha value is -3.80. The van der Waals surface area contributed by atoms with Crippen LogP contribution < -0.4 is 19.4 Å². The highest BCUT2D eigenvalue weighted by molar-refractivity contribution is 6.14. The number of methoxy groups -OCH3 is 1. The predicted octanol–water partition coefficient (Wildman–Crippen LogP) is 4.19. The highest BCUT2D eigenvalue weighted by atomic mass is 16.5. The van der Waals surface area contributed by atoms with Gasteiger partial charge in [0.15, 0.2) is 0 Å². The molecule has 6 heteroatoms. The summed E-state index contributed by atoms with van der Waals surface area (Å²) in [6.45, 7) is 1.98. The van der Waals surface area contributed by atoms with Crippen molar-refractivity contribution in [2.45, 2.75) is 13.0 Å². The lowest BCUT2D eigenvalue weighted by molar-refractivity contribution is -0.128. The smallest absolute Gasteiger partial charge is 0.255 e. The van der Waals surface area contributed by atoms with Crippen LogP contribution in [0.25, 0.3) is 0 Å². The first-order valence-corrected chi connectivity index (χ1v) is 10.5. The van der Waals surface area contributed by atoms with Crippen LogP contribution in [-0.4, -0.2) is 39.6 Å². The summed E-state index contributed by atoms with van der Waals surface area (Å²) in [7, 11) is 5.53. The summed E-state index contributed by atoms with van der Waals surface area (Å²) in [5, 5.41) is 0. The number of anilines is 3. The molecule has 1 aliphatic rings. The maximum Gasteiger partial charge on any atom is 0.255 e. The minimum atomic E-state index is -0.762. The first-order valence-electron chi connectivity index (χ1n) is 10.5. The Bertz CT molecular complexity index is 1110. The van der Waals surface area contributed by atoms with E-state index in [9.17, 15) is 9.59 Å². The van der Waals surface area contributed by atoms with Crippen LogP contribution >= 0.6 is 0 Å². The van der Waals surface area contributed by atoms with Crippen molar-refractivity contribution < 1.29 is 14.3 Å². The third-order valence-electron chi connectivity index (χ3n) is 5.74. The second-order valence-electron chi connectivity index (χ2n) is 8.11. The van der Waals surface area contributed by atoms with Gasteiger partial charge in [-0.2, -0.15) is 0 Å². The fourth-order valence-electron chi connectivity index (χ4n) is 3.92. The van der Waals surface area contributed by atoms with Crippen molar-refractivity contribution in [3.05, 3.63) is 83.9 Å². The number of aryl methyl sites for hydroxylation is 1. The Morgan fingerprint density at radius 1 is 0.844 bits per heavy atom. The molecule has 1 aliphatic heterocycles. The van der Waals surface area contributed by atoms with Gasteiger partial charge in [0.2, 0.25) is 5.91 Å². The van der Waals surface area contributed by atoms with E-state index in [0.29, 0.717) is 11.4 Å². The summed E-state index contributed by atoms with van der Waals surface area (Å²) in [5.41, 5.74) is 4.27. The number of amides is 2. The van der Waals surface area contributed by atoms with E-state index >= 15 is 0 Å². The fraction of sp³-hybridized carbons (Fsp3) is 0.231. The van der Waals surface area contributed by atoms with Gasteiger partial charge in [0.05, 0.1) is 7.11 Å². The molecule has 3 aromatic rings. The summed E-state index contributed by atoms with van der Waals surface area (Å²) in [5.74, 6) is 0.414. The van der Waals surface area contributed by atoms with Crippen molar-refractivity contribution in [3.8, 4) is 5.75 Å². The number of hydrogen-bond acceptors (Lipinski definition) is 4. The highest BCUT2D eigenvalue weighted by Gasteiger charge is 2.41. The quantitative estimate of drug-likeness (QED) is 0.610. The van der Waals surface area contributed by atoms with Gasteiger partial charge in [-0.05, 0) is 61.0 Å². The summed E-state index contributed by atoms with van der Waals surface area (Å²) < 4.78 is 5.25. The van der Waals surface area contributed by atoms with Crippen LogP contribution in [0.1, 0.15) is 17.2 Å². The number of ether oxygens (including phenoxy) is 1. The first kappa shape index (κ1) is 21.4. The largest absolute Gasteiger partial charge is 0.497 e. The van der Waals surface area contributed by atoms with E-state index in [1.54, 1.807) is 29.0 Å². The number of rotatable bonds is 5. The highest BCUT2D eigenvalue weighted by Crippen LogP contribution is 2.35. The van der Waals surface area contributed by atoms with Crippen molar-refractivity contribution in [3.63, 3.8) is 0 Å². The van der Waals surface area contributed by atoms with Crippen LogP contribution in [0, 0.1) is 6.92 Å². The van der Waals surface area contributed by atoms with Gasteiger partial charge in [-0.15, -0.1) is 0 Å². The average molecular weight is 430 g/mol. The molecule has 3 aromatic carbocycles. The third kappa shape index (κ3) is 4.04. The van der Waals surface area contributed by atoms with Gasteiger partial charge >= 0.3 is 0 Å². The molecule has 164 valence electrons. The van der Waals surface area contributed by atoms with Crippen LogP contribution in [0.4, 0.5) is 17.1 Å². The summed E-state index contributed by atoms with van der Waals surface area (Å²) in [4.78, 5) is 32.3. The molecule has 0 saturated carbocycles. The van der Waals surface area contributed by atoms with Crippen molar-refractivity contribution in [2.24, 2.45) is 0 Å². The number of piperazine rings is 1. The molecule has 0 N–H and O–H groups in total. The van der Waals surface area contributed by atoms with E-state index < -0.39 is 6.04 Å². The van der Waals surface area contributed by atoms with Crippen LogP contribution in [-0.2, 0) is 9.59 Å². The van der Waals surface area contributed by atoms with E-state index in [1.165, 1.54) is 0 Å². The van der Waals surface area contributed by atoms with E-state index in [1.807, 2.05) is 86.6 Å².